The summed E-state index contributed by atoms with van der Waals surface area (Å²) in [5, 5.41) is 12.3. The first-order valence-corrected chi connectivity index (χ1v) is 11.3. The Morgan fingerprint density at radius 1 is 0.938 bits per heavy atom. The average Bonchev–Trinajstić information content (AvgIpc) is 3.27. The van der Waals surface area contributed by atoms with E-state index >= 15 is 0 Å². The molecule has 4 aromatic rings. The maximum Gasteiger partial charge on any atom is 0.230 e. The number of hydrogen-bond donors (Lipinski definition) is 1. The summed E-state index contributed by atoms with van der Waals surface area (Å²) >= 11 is 1.35. The van der Waals surface area contributed by atoms with E-state index in [1.165, 1.54) is 11.8 Å². The highest BCUT2D eigenvalue weighted by Crippen LogP contribution is 2.27. The smallest absolute Gasteiger partial charge is 0.230 e. The van der Waals surface area contributed by atoms with Crippen molar-refractivity contribution in [3.8, 4) is 11.4 Å². The van der Waals surface area contributed by atoms with Crippen LogP contribution in [0.25, 0.3) is 5.69 Å². The Hall–Kier alpha value is -3.58. The predicted octanol–water partition coefficient (Wildman–Crippen LogP) is 4.82. The number of ether oxygens (including phenoxy) is 1. The van der Waals surface area contributed by atoms with Gasteiger partial charge < -0.3 is 10.1 Å². The van der Waals surface area contributed by atoms with Gasteiger partial charge in [0.05, 0.1) is 5.75 Å². The van der Waals surface area contributed by atoms with Crippen LogP contribution in [0.3, 0.4) is 0 Å². The number of benzene rings is 3. The Morgan fingerprint density at radius 3 is 2.25 bits per heavy atom. The van der Waals surface area contributed by atoms with Crippen molar-refractivity contribution in [2.45, 2.75) is 24.7 Å². The van der Waals surface area contributed by atoms with Crippen LogP contribution in [-0.2, 0) is 11.3 Å². The fourth-order valence-corrected chi connectivity index (χ4v) is 3.98. The van der Waals surface area contributed by atoms with E-state index in [9.17, 15) is 4.79 Å². The molecule has 7 heteroatoms. The molecule has 1 N–H and O–H groups in total. The predicted molar refractivity (Wildman–Crippen MR) is 126 cm³/mol. The molecule has 0 aliphatic heterocycles. The summed E-state index contributed by atoms with van der Waals surface area (Å²) < 4.78 is 8.02. The number of thioether (sulfide) groups is 1. The van der Waals surface area contributed by atoms with Crippen LogP contribution in [0.15, 0.2) is 96.2 Å². The number of para-hydroxylation sites is 2. The molecule has 0 saturated carbocycles. The molecule has 6 nitrogen and oxygen atoms in total. The van der Waals surface area contributed by atoms with Crippen LogP contribution in [0, 0.1) is 0 Å². The topological polar surface area (TPSA) is 69.0 Å². The quantitative estimate of drug-likeness (QED) is 0.375. The zero-order valence-electron chi connectivity index (χ0n) is 17.7. The molecule has 0 aliphatic carbocycles. The van der Waals surface area contributed by atoms with Gasteiger partial charge in [0.2, 0.25) is 5.91 Å². The molecule has 1 amide bonds. The van der Waals surface area contributed by atoms with E-state index < -0.39 is 0 Å². The number of aromatic nitrogens is 3. The molecule has 162 valence electrons. The third-order valence-corrected chi connectivity index (χ3v) is 5.69. The minimum atomic E-state index is -0.327. The Labute approximate surface area is 191 Å². The SMILES string of the molecule is C[C@H](Oc1ccccc1)c1nnc(SCC(=O)NCc2ccccc2)n1-c1ccccc1. The van der Waals surface area contributed by atoms with Crippen molar-refractivity contribution in [3.63, 3.8) is 0 Å². The number of amides is 1. The second kappa shape index (κ2) is 10.6. The zero-order chi connectivity index (χ0) is 22.2. The molecule has 32 heavy (non-hydrogen) atoms. The van der Waals surface area contributed by atoms with Gasteiger partial charge in [-0.25, -0.2) is 0 Å². The minimum Gasteiger partial charge on any atom is -0.483 e. The lowest BCUT2D eigenvalue weighted by Crippen LogP contribution is -2.24. The molecule has 0 fully saturated rings. The highest BCUT2D eigenvalue weighted by molar-refractivity contribution is 7.99. The Morgan fingerprint density at radius 2 is 1.56 bits per heavy atom. The minimum absolute atomic E-state index is 0.0587. The molecule has 0 unspecified atom stereocenters. The molecular formula is C25H24N4O2S. The van der Waals surface area contributed by atoms with E-state index in [0.717, 1.165) is 17.0 Å². The Kier molecular flexibility index (Phi) is 7.19. The van der Waals surface area contributed by atoms with Crippen LogP contribution in [0.2, 0.25) is 0 Å². The average molecular weight is 445 g/mol. The van der Waals surface area contributed by atoms with E-state index in [-0.39, 0.29) is 17.8 Å². The lowest BCUT2D eigenvalue weighted by atomic mass is 10.2. The number of nitrogens with one attached hydrogen (secondary N) is 1. The zero-order valence-corrected chi connectivity index (χ0v) is 18.5. The van der Waals surface area contributed by atoms with E-state index in [1.54, 1.807) is 0 Å². The van der Waals surface area contributed by atoms with Gasteiger partial charge in [-0.05, 0) is 36.8 Å². The van der Waals surface area contributed by atoms with Crippen molar-refractivity contribution in [1.82, 2.24) is 20.1 Å². The van der Waals surface area contributed by atoms with Crippen LogP contribution in [0.1, 0.15) is 24.4 Å². The molecule has 0 aliphatic rings. The summed E-state index contributed by atoms with van der Waals surface area (Å²) in [4.78, 5) is 12.4. The molecule has 1 aromatic heterocycles. The van der Waals surface area contributed by atoms with Gasteiger partial charge in [0.25, 0.3) is 0 Å². The van der Waals surface area contributed by atoms with Crippen molar-refractivity contribution in [2.75, 3.05) is 5.75 Å². The lowest BCUT2D eigenvalue weighted by Gasteiger charge is -2.16. The van der Waals surface area contributed by atoms with Crippen molar-refractivity contribution in [3.05, 3.63) is 102 Å². The summed E-state index contributed by atoms with van der Waals surface area (Å²) in [6.45, 7) is 2.44. The van der Waals surface area contributed by atoms with Crippen LogP contribution in [-0.4, -0.2) is 26.4 Å². The van der Waals surface area contributed by atoms with Crippen molar-refractivity contribution in [2.24, 2.45) is 0 Å². The molecule has 0 saturated heterocycles. The molecule has 0 radical (unpaired) electrons. The maximum absolute atomic E-state index is 12.4. The van der Waals surface area contributed by atoms with Crippen LogP contribution < -0.4 is 10.1 Å². The van der Waals surface area contributed by atoms with Crippen LogP contribution in [0.4, 0.5) is 0 Å². The number of nitrogens with zero attached hydrogens (tertiary/aromatic N) is 3. The summed E-state index contributed by atoms with van der Waals surface area (Å²) in [6.07, 6.45) is -0.327. The second-order valence-electron chi connectivity index (χ2n) is 7.14. The summed E-state index contributed by atoms with van der Waals surface area (Å²) in [5.41, 5.74) is 1.98. The first kappa shape index (κ1) is 21.6. The van der Waals surface area contributed by atoms with Crippen LogP contribution >= 0.6 is 11.8 Å². The van der Waals surface area contributed by atoms with E-state index in [0.29, 0.717) is 17.5 Å². The lowest BCUT2D eigenvalue weighted by molar-refractivity contribution is -0.118. The van der Waals surface area contributed by atoms with Gasteiger partial charge in [0, 0.05) is 12.2 Å². The summed E-state index contributed by atoms with van der Waals surface area (Å²) in [7, 11) is 0. The number of rotatable bonds is 9. The van der Waals surface area contributed by atoms with E-state index in [2.05, 4.69) is 15.5 Å². The van der Waals surface area contributed by atoms with Crippen LogP contribution in [0.5, 0.6) is 5.75 Å². The van der Waals surface area contributed by atoms with Gasteiger partial charge in [-0.1, -0.05) is 78.5 Å². The molecule has 1 heterocycles. The van der Waals surface area contributed by atoms with Gasteiger partial charge in [-0.2, -0.15) is 0 Å². The molecule has 1 atom stereocenters. The van der Waals surface area contributed by atoms with Crippen molar-refractivity contribution >= 4 is 17.7 Å². The van der Waals surface area contributed by atoms with E-state index in [1.807, 2.05) is 102 Å². The van der Waals surface area contributed by atoms with E-state index in [4.69, 9.17) is 4.74 Å². The third-order valence-electron chi connectivity index (χ3n) is 4.76. The monoisotopic (exact) mass is 444 g/mol. The molecule has 3 aromatic carbocycles. The van der Waals surface area contributed by atoms with Gasteiger partial charge in [0.1, 0.15) is 5.75 Å². The summed E-state index contributed by atoms with van der Waals surface area (Å²) in [5.74, 6) is 1.62. The summed E-state index contributed by atoms with van der Waals surface area (Å²) in [6, 6.07) is 29.3. The normalized spacial score (nSPS) is 11.7. The highest BCUT2D eigenvalue weighted by Gasteiger charge is 2.21. The molecular weight excluding hydrogens is 420 g/mol. The largest absolute Gasteiger partial charge is 0.483 e. The fraction of sp³-hybridized carbons (Fsp3) is 0.160. The van der Waals surface area contributed by atoms with Gasteiger partial charge in [-0.3, -0.25) is 9.36 Å². The third kappa shape index (κ3) is 5.56. The maximum atomic E-state index is 12.4. The number of carbonyl (C=O) groups is 1. The second-order valence-corrected chi connectivity index (χ2v) is 8.08. The molecule has 4 rings (SSSR count). The van der Waals surface area contributed by atoms with Gasteiger partial charge >= 0.3 is 0 Å². The Bertz CT molecular complexity index is 1130. The van der Waals surface area contributed by atoms with Crippen molar-refractivity contribution < 1.29 is 9.53 Å². The highest BCUT2D eigenvalue weighted by atomic mass is 32.2. The fourth-order valence-electron chi connectivity index (χ4n) is 3.19. The first-order chi connectivity index (χ1) is 15.7. The standard InChI is InChI=1S/C25H24N4O2S/c1-19(31-22-15-9-4-10-16-22)24-27-28-25(29(24)21-13-7-3-8-14-21)32-18-23(30)26-17-20-11-5-2-6-12-20/h2-16,19H,17-18H2,1H3,(H,26,30)/t19-/m0/s1. The van der Waals surface area contributed by atoms with Crippen molar-refractivity contribution in [1.29, 1.82) is 0 Å². The molecule has 0 bridgehead atoms. The first-order valence-electron chi connectivity index (χ1n) is 10.4. The number of carbonyl (C=O) groups excluding carboxylic acids is 1. The van der Waals surface area contributed by atoms with Gasteiger partial charge in [0.15, 0.2) is 17.1 Å². The molecule has 0 spiro atoms. The Balaban J connectivity index is 1.48. The number of hydrogen-bond acceptors (Lipinski definition) is 5. The van der Waals surface area contributed by atoms with Gasteiger partial charge in [-0.15, -0.1) is 10.2 Å².